The molecular formula is C18H15ClN2O4S. The number of carbonyl (C=O) groups excluding carboxylic acids is 1. The van der Waals surface area contributed by atoms with Crippen molar-refractivity contribution < 1.29 is 19.8 Å². The van der Waals surface area contributed by atoms with Gasteiger partial charge in [-0.1, -0.05) is 35.5 Å². The fourth-order valence-electron chi connectivity index (χ4n) is 2.51. The highest BCUT2D eigenvalue weighted by Gasteiger charge is 2.35. The third-order valence-corrected chi connectivity index (χ3v) is 5.42. The lowest BCUT2D eigenvalue weighted by atomic mass is 10.1. The highest BCUT2D eigenvalue weighted by Crippen LogP contribution is 2.32. The van der Waals surface area contributed by atoms with Crippen molar-refractivity contribution in [1.29, 1.82) is 0 Å². The Morgan fingerprint density at radius 1 is 1.31 bits per heavy atom. The van der Waals surface area contributed by atoms with Gasteiger partial charge < -0.3 is 10.2 Å². The molecule has 8 heteroatoms. The number of aromatic hydroxyl groups is 1. The van der Waals surface area contributed by atoms with Crippen molar-refractivity contribution in [2.75, 3.05) is 7.05 Å². The molecule has 1 unspecified atom stereocenters. The molecule has 2 aromatic carbocycles. The van der Waals surface area contributed by atoms with Gasteiger partial charge >= 0.3 is 5.97 Å². The number of aliphatic imine (C=N–C) groups is 1. The largest absolute Gasteiger partial charge is 0.506 e. The Labute approximate surface area is 159 Å². The van der Waals surface area contributed by atoms with E-state index < -0.39 is 5.97 Å². The third kappa shape index (κ3) is 3.84. The number of benzene rings is 2. The normalized spacial score (nSPS) is 18.5. The molecule has 0 bridgehead atoms. The van der Waals surface area contributed by atoms with Gasteiger partial charge in [0, 0.05) is 7.05 Å². The van der Waals surface area contributed by atoms with Gasteiger partial charge in [0.05, 0.1) is 21.5 Å². The fraction of sp³-hybridized carbons (Fsp3) is 0.167. The number of amides is 1. The average molecular weight is 391 g/mol. The van der Waals surface area contributed by atoms with Crippen LogP contribution in [-0.4, -0.2) is 44.5 Å². The number of amidine groups is 1. The van der Waals surface area contributed by atoms with Gasteiger partial charge in [-0.25, -0.2) is 9.79 Å². The van der Waals surface area contributed by atoms with Crippen molar-refractivity contribution in [3.63, 3.8) is 0 Å². The number of phenols is 1. The molecule has 6 nitrogen and oxygen atoms in total. The highest BCUT2D eigenvalue weighted by atomic mass is 35.5. The molecule has 1 atom stereocenters. The fourth-order valence-corrected chi connectivity index (χ4v) is 3.91. The van der Waals surface area contributed by atoms with Crippen molar-refractivity contribution in [3.05, 3.63) is 58.6 Å². The minimum absolute atomic E-state index is 0.00139. The number of hydrogen-bond acceptors (Lipinski definition) is 5. The van der Waals surface area contributed by atoms with Gasteiger partial charge in [0.2, 0.25) is 5.91 Å². The predicted octanol–water partition coefficient (Wildman–Crippen LogP) is 3.55. The molecule has 2 N–H and O–H groups in total. The van der Waals surface area contributed by atoms with E-state index in [1.807, 2.05) is 0 Å². The first-order chi connectivity index (χ1) is 12.3. The maximum Gasteiger partial charge on any atom is 0.335 e. The number of carbonyl (C=O) groups is 2. The van der Waals surface area contributed by atoms with Crippen LogP contribution < -0.4 is 0 Å². The van der Waals surface area contributed by atoms with Crippen LogP contribution in [0.1, 0.15) is 15.9 Å². The molecule has 2 aromatic rings. The first-order valence-electron chi connectivity index (χ1n) is 7.69. The van der Waals surface area contributed by atoms with Gasteiger partial charge in [0.25, 0.3) is 0 Å². The number of phenolic OH excluding ortho intramolecular Hbond substituents is 1. The van der Waals surface area contributed by atoms with E-state index in [2.05, 4.69) is 4.99 Å². The standard InChI is InChI=1S/C18H15ClN2O4S/c1-21-16(23)15(8-10-5-6-14(22)13(19)7-10)26-18(21)20-12-4-2-3-11(9-12)17(24)25/h2-7,9,15,22H,8H2,1H3,(H,24,25). The number of hydrogen-bond donors (Lipinski definition) is 2. The molecule has 0 aromatic heterocycles. The van der Waals surface area contributed by atoms with E-state index >= 15 is 0 Å². The van der Waals surface area contributed by atoms with Crippen LogP contribution in [0.5, 0.6) is 5.75 Å². The van der Waals surface area contributed by atoms with E-state index in [0.717, 1.165) is 5.56 Å². The van der Waals surface area contributed by atoms with Gasteiger partial charge in [-0.3, -0.25) is 9.69 Å². The number of aromatic carboxylic acids is 1. The lowest BCUT2D eigenvalue weighted by molar-refractivity contribution is -0.125. The summed E-state index contributed by atoms with van der Waals surface area (Å²) in [5, 5.41) is 18.9. The monoisotopic (exact) mass is 390 g/mol. The Kier molecular flexibility index (Phi) is 5.20. The van der Waals surface area contributed by atoms with Crippen LogP contribution in [0.4, 0.5) is 5.69 Å². The van der Waals surface area contributed by atoms with Crippen molar-refractivity contribution in [2.45, 2.75) is 11.7 Å². The molecule has 0 radical (unpaired) electrons. The topological polar surface area (TPSA) is 90.2 Å². The van der Waals surface area contributed by atoms with Gasteiger partial charge in [-0.05, 0) is 42.3 Å². The zero-order valence-corrected chi connectivity index (χ0v) is 15.3. The highest BCUT2D eigenvalue weighted by molar-refractivity contribution is 8.15. The number of halogens is 1. The van der Waals surface area contributed by atoms with E-state index in [1.165, 1.54) is 34.9 Å². The summed E-state index contributed by atoms with van der Waals surface area (Å²) in [4.78, 5) is 29.4. The Balaban J connectivity index is 1.81. The number of carboxylic acids is 1. The van der Waals surface area contributed by atoms with Crippen molar-refractivity contribution in [3.8, 4) is 5.75 Å². The van der Waals surface area contributed by atoms with Gasteiger partial charge in [-0.2, -0.15) is 0 Å². The van der Waals surface area contributed by atoms with Crippen LogP contribution in [0.25, 0.3) is 0 Å². The van der Waals surface area contributed by atoms with E-state index in [9.17, 15) is 14.7 Å². The lowest BCUT2D eigenvalue weighted by Gasteiger charge is -2.09. The molecule has 0 saturated carbocycles. The summed E-state index contributed by atoms with van der Waals surface area (Å²) in [6.07, 6.45) is 0.446. The van der Waals surface area contributed by atoms with E-state index in [1.54, 1.807) is 31.3 Å². The van der Waals surface area contributed by atoms with Crippen LogP contribution in [0.2, 0.25) is 5.02 Å². The van der Waals surface area contributed by atoms with E-state index in [0.29, 0.717) is 17.3 Å². The summed E-state index contributed by atoms with van der Waals surface area (Å²) in [6.45, 7) is 0. The second-order valence-corrected chi connectivity index (χ2v) is 7.32. The first kappa shape index (κ1) is 18.3. The zero-order valence-electron chi connectivity index (χ0n) is 13.7. The number of thioether (sulfide) groups is 1. The lowest BCUT2D eigenvalue weighted by Crippen LogP contribution is -2.28. The second-order valence-electron chi connectivity index (χ2n) is 5.74. The van der Waals surface area contributed by atoms with E-state index in [4.69, 9.17) is 16.7 Å². The van der Waals surface area contributed by atoms with Crippen LogP contribution in [0.3, 0.4) is 0 Å². The van der Waals surface area contributed by atoms with Crippen LogP contribution in [0, 0.1) is 0 Å². The molecule has 1 heterocycles. The van der Waals surface area contributed by atoms with Gasteiger partial charge in [0.1, 0.15) is 5.75 Å². The van der Waals surface area contributed by atoms with Crippen molar-refractivity contribution in [1.82, 2.24) is 4.90 Å². The summed E-state index contributed by atoms with van der Waals surface area (Å²) in [7, 11) is 1.64. The maximum atomic E-state index is 12.5. The molecule has 1 aliphatic rings. The molecule has 1 aliphatic heterocycles. The van der Waals surface area contributed by atoms with Crippen LogP contribution >= 0.6 is 23.4 Å². The van der Waals surface area contributed by atoms with Crippen LogP contribution in [0.15, 0.2) is 47.5 Å². The molecule has 0 aliphatic carbocycles. The molecule has 3 rings (SSSR count). The summed E-state index contributed by atoms with van der Waals surface area (Å²) in [5.74, 6) is -1.12. The molecule has 1 amide bonds. The first-order valence-corrected chi connectivity index (χ1v) is 8.94. The number of rotatable bonds is 4. The molecule has 134 valence electrons. The molecule has 0 spiro atoms. The molecule has 1 saturated heterocycles. The Morgan fingerprint density at radius 2 is 2.08 bits per heavy atom. The van der Waals surface area contributed by atoms with Crippen molar-refractivity contribution >= 4 is 46.1 Å². The average Bonchev–Trinajstić information content (AvgIpc) is 2.86. The summed E-state index contributed by atoms with van der Waals surface area (Å²) in [5.41, 5.74) is 1.45. The van der Waals surface area contributed by atoms with Gasteiger partial charge in [0.15, 0.2) is 5.17 Å². The third-order valence-electron chi connectivity index (χ3n) is 3.89. The Hall–Kier alpha value is -2.51. The molecule has 1 fully saturated rings. The molecular weight excluding hydrogens is 376 g/mol. The van der Waals surface area contributed by atoms with E-state index in [-0.39, 0.29) is 27.5 Å². The quantitative estimate of drug-likeness (QED) is 0.833. The maximum absolute atomic E-state index is 12.5. The van der Waals surface area contributed by atoms with Gasteiger partial charge in [-0.15, -0.1) is 0 Å². The minimum Gasteiger partial charge on any atom is -0.506 e. The second kappa shape index (κ2) is 7.39. The zero-order chi connectivity index (χ0) is 18.8. The number of carboxylic acid groups (broad SMARTS) is 1. The SMILES string of the molecule is CN1C(=O)C(Cc2ccc(O)c(Cl)c2)SC1=Nc1cccc(C(=O)O)c1. The van der Waals surface area contributed by atoms with Crippen molar-refractivity contribution in [2.24, 2.45) is 4.99 Å². The Morgan fingerprint density at radius 3 is 2.77 bits per heavy atom. The minimum atomic E-state index is -1.03. The summed E-state index contributed by atoms with van der Waals surface area (Å²) >= 11 is 7.23. The summed E-state index contributed by atoms with van der Waals surface area (Å²) in [6, 6.07) is 11.1. The predicted molar refractivity (Wildman–Crippen MR) is 101 cm³/mol. The summed E-state index contributed by atoms with van der Waals surface area (Å²) < 4.78 is 0. The number of nitrogens with zero attached hydrogens (tertiary/aromatic N) is 2. The van der Waals surface area contributed by atoms with Crippen LogP contribution in [-0.2, 0) is 11.2 Å². The molecule has 26 heavy (non-hydrogen) atoms. The smallest absolute Gasteiger partial charge is 0.335 e. The Bertz CT molecular complexity index is 916.